The summed E-state index contributed by atoms with van der Waals surface area (Å²) >= 11 is 0. The van der Waals surface area contributed by atoms with Gasteiger partial charge in [-0.15, -0.1) is 0 Å². The summed E-state index contributed by atoms with van der Waals surface area (Å²) in [5.74, 6) is -0.0469. The molecule has 5 heteroatoms. The molecule has 0 spiro atoms. The molecule has 5 nitrogen and oxygen atoms in total. The van der Waals surface area contributed by atoms with Crippen molar-refractivity contribution in [2.24, 2.45) is 0 Å². The van der Waals surface area contributed by atoms with Crippen LogP contribution in [-0.2, 0) is 0 Å². The molecule has 18 heavy (non-hydrogen) atoms. The topological polar surface area (TPSA) is 52.2 Å². The zero-order valence-corrected chi connectivity index (χ0v) is 11.0. The molecule has 2 rings (SSSR count). The van der Waals surface area contributed by atoms with Crippen LogP contribution >= 0.6 is 0 Å². The molecule has 0 saturated heterocycles. The molecule has 0 aliphatic carbocycles. The lowest BCUT2D eigenvalue weighted by Crippen LogP contribution is -2.33. The van der Waals surface area contributed by atoms with Crippen molar-refractivity contribution in [1.29, 1.82) is 0 Å². The number of H-pyrrole nitrogens is 1. The molecule has 2 aromatic rings. The molecule has 1 aromatic heterocycles. The van der Waals surface area contributed by atoms with Crippen LogP contribution in [0.3, 0.4) is 0 Å². The van der Waals surface area contributed by atoms with Gasteiger partial charge in [0.1, 0.15) is 0 Å². The summed E-state index contributed by atoms with van der Waals surface area (Å²) < 4.78 is 0. The Balaban J connectivity index is 2.18. The maximum atomic E-state index is 12.3. The van der Waals surface area contributed by atoms with Crippen molar-refractivity contribution >= 4 is 16.8 Å². The number of carbonyl (C=O) groups is 1. The van der Waals surface area contributed by atoms with E-state index in [0.717, 1.165) is 17.4 Å². The summed E-state index contributed by atoms with van der Waals surface area (Å²) in [6.07, 6.45) is 0. The van der Waals surface area contributed by atoms with E-state index in [-0.39, 0.29) is 5.91 Å². The molecular weight excluding hydrogens is 228 g/mol. The number of fused-ring (bicyclic) bond motifs is 1. The number of amides is 1. The van der Waals surface area contributed by atoms with E-state index in [2.05, 4.69) is 10.2 Å². The number of aromatic nitrogens is 2. The Bertz CT molecular complexity index is 547. The third-order valence-corrected chi connectivity index (χ3v) is 2.90. The normalized spacial score (nSPS) is 11.1. The van der Waals surface area contributed by atoms with Crippen LogP contribution in [0.15, 0.2) is 24.3 Å². The van der Waals surface area contributed by atoms with Crippen LogP contribution < -0.4 is 0 Å². The summed E-state index contributed by atoms with van der Waals surface area (Å²) in [4.78, 5) is 16.0. The second-order valence-electron chi connectivity index (χ2n) is 4.65. The molecule has 0 atom stereocenters. The number of aromatic amines is 1. The average molecular weight is 246 g/mol. The number of rotatable bonds is 4. The van der Waals surface area contributed by atoms with E-state index in [0.29, 0.717) is 12.2 Å². The monoisotopic (exact) mass is 246 g/mol. The van der Waals surface area contributed by atoms with Gasteiger partial charge in [0.15, 0.2) is 5.69 Å². The minimum atomic E-state index is -0.0469. The van der Waals surface area contributed by atoms with Crippen LogP contribution in [0, 0.1) is 0 Å². The molecule has 1 amide bonds. The predicted octanol–water partition coefficient (Wildman–Crippen LogP) is 1.20. The van der Waals surface area contributed by atoms with Gasteiger partial charge in [0, 0.05) is 25.5 Å². The highest BCUT2D eigenvalue weighted by Gasteiger charge is 2.17. The van der Waals surface area contributed by atoms with Crippen molar-refractivity contribution in [3.8, 4) is 0 Å². The Morgan fingerprint density at radius 1 is 1.22 bits per heavy atom. The summed E-state index contributed by atoms with van der Waals surface area (Å²) in [6, 6.07) is 7.66. The molecule has 0 bridgehead atoms. The first kappa shape index (κ1) is 12.6. The van der Waals surface area contributed by atoms with Crippen molar-refractivity contribution in [3.05, 3.63) is 30.0 Å². The highest BCUT2D eigenvalue weighted by atomic mass is 16.2. The fourth-order valence-corrected chi connectivity index (χ4v) is 1.76. The van der Waals surface area contributed by atoms with Crippen LogP contribution in [0.25, 0.3) is 10.9 Å². The van der Waals surface area contributed by atoms with Crippen molar-refractivity contribution in [2.75, 3.05) is 34.2 Å². The summed E-state index contributed by atoms with van der Waals surface area (Å²) in [7, 11) is 5.78. The molecule has 0 aliphatic heterocycles. The van der Waals surface area contributed by atoms with Crippen molar-refractivity contribution < 1.29 is 4.79 Å². The fraction of sp³-hybridized carbons (Fsp3) is 0.385. The molecule has 96 valence electrons. The molecule has 1 aromatic carbocycles. The molecule has 0 fully saturated rings. The first-order valence-corrected chi connectivity index (χ1v) is 5.93. The van der Waals surface area contributed by atoms with Gasteiger partial charge in [0.25, 0.3) is 5.91 Å². The van der Waals surface area contributed by atoms with Gasteiger partial charge in [-0.3, -0.25) is 9.89 Å². The number of hydrogen-bond donors (Lipinski definition) is 1. The SMILES string of the molecule is CN(C)CCN(C)C(=O)c1n[nH]c2ccccc12. The predicted molar refractivity (Wildman–Crippen MR) is 71.6 cm³/mol. The maximum absolute atomic E-state index is 12.3. The Labute approximate surface area is 106 Å². The number of para-hydroxylation sites is 1. The second-order valence-corrected chi connectivity index (χ2v) is 4.65. The van der Waals surface area contributed by atoms with Crippen LogP contribution in [0.2, 0.25) is 0 Å². The number of carbonyl (C=O) groups excluding carboxylic acids is 1. The first-order chi connectivity index (χ1) is 8.59. The standard InChI is InChI=1S/C13H18N4O/c1-16(2)8-9-17(3)13(18)12-10-6-4-5-7-11(10)14-15-12/h4-7H,8-9H2,1-3H3,(H,14,15). The van der Waals surface area contributed by atoms with Gasteiger partial charge in [-0.25, -0.2) is 0 Å². The van der Waals surface area contributed by atoms with E-state index in [9.17, 15) is 4.79 Å². The number of hydrogen-bond acceptors (Lipinski definition) is 3. The Morgan fingerprint density at radius 2 is 1.94 bits per heavy atom. The number of nitrogens with zero attached hydrogens (tertiary/aromatic N) is 3. The van der Waals surface area contributed by atoms with E-state index >= 15 is 0 Å². The van der Waals surface area contributed by atoms with E-state index in [1.54, 1.807) is 11.9 Å². The van der Waals surface area contributed by atoms with Crippen LogP contribution in [0.5, 0.6) is 0 Å². The summed E-state index contributed by atoms with van der Waals surface area (Å²) in [5.41, 5.74) is 1.38. The first-order valence-electron chi connectivity index (χ1n) is 5.93. The highest BCUT2D eigenvalue weighted by Crippen LogP contribution is 2.16. The van der Waals surface area contributed by atoms with Gasteiger partial charge >= 0.3 is 0 Å². The number of nitrogens with one attached hydrogen (secondary N) is 1. The summed E-state index contributed by atoms with van der Waals surface area (Å²) in [6.45, 7) is 1.53. The molecular formula is C13H18N4O. The van der Waals surface area contributed by atoms with Gasteiger partial charge in [-0.05, 0) is 20.2 Å². The molecule has 0 saturated carbocycles. The maximum Gasteiger partial charge on any atom is 0.274 e. The van der Waals surface area contributed by atoms with Gasteiger partial charge in [0.2, 0.25) is 0 Å². The van der Waals surface area contributed by atoms with Crippen molar-refractivity contribution in [3.63, 3.8) is 0 Å². The average Bonchev–Trinajstić information content (AvgIpc) is 2.78. The fourth-order valence-electron chi connectivity index (χ4n) is 1.76. The molecule has 0 aliphatic rings. The third-order valence-electron chi connectivity index (χ3n) is 2.90. The van der Waals surface area contributed by atoms with Gasteiger partial charge in [-0.1, -0.05) is 18.2 Å². The smallest absolute Gasteiger partial charge is 0.274 e. The van der Waals surface area contributed by atoms with Crippen molar-refractivity contribution in [1.82, 2.24) is 20.0 Å². The van der Waals surface area contributed by atoms with Gasteiger partial charge in [-0.2, -0.15) is 5.10 Å². The third kappa shape index (κ3) is 2.51. The van der Waals surface area contributed by atoms with Crippen LogP contribution in [-0.4, -0.2) is 60.1 Å². The lowest BCUT2D eigenvalue weighted by Gasteiger charge is -2.18. The molecule has 1 heterocycles. The molecule has 0 unspecified atom stereocenters. The Hall–Kier alpha value is -1.88. The zero-order chi connectivity index (χ0) is 13.1. The number of likely N-dealkylation sites (N-methyl/N-ethyl adjacent to an activating group) is 2. The van der Waals surface area contributed by atoms with Crippen LogP contribution in [0.4, 0.5) is 0 Å². The van der Waals surface area contributed by atoms with E-state index < -0.39 is 0 Å². The minimum absolute atomic E-state index is 0.0469. The molecule has 1 N–H and O–H groups in total. The quantitative estimate of drug-likeness (QED) is 0.882. The summed E-state index contributed by atoms with van der Waals surface area (Å²) in [5, 5.41) is 7.87. The van der Waals surface area contributed by atoms with Gasteiger partial charge < -0.3 is 9.80 Å². The molecule has 0 radical (unpaired) electrons. The lowest BCUT2D eigenvalue weighted by atomic mass is 10.2. The van der Waals surface area contributed by atoms with Gasteiger partial charge in [0.05, 0.1) is 5.52 Å². The van der Waals surface area contributed by atoms with E-state index in [1.807, 2.05) is 43.3 Å². The Kier molecular flexibility index (Phi) is 3.62. The van der Waals surface area contributed by atoms with Crippen LogP contribution in [0.1, 0.15) is 10.5 Å². The number of benzene rings is 1. The Morgan fingerprint density at radius 3 is 2.67 bits per heavy atom. The zero-order valence-electron chi connectivity index (χ0n) is 11.0. The lowest BCUT2D eigenvalue weighted by molar-refractivity contribution is 0.0782. The second kappa shape index (κ2) is 5.18. The largest absolute Gasteiger partial charge is 0.339 e. The highest BCUT2D eigenvalue weighted by molar-refractivity contribution is 6.04. The van der Waals surface area contributed by atoms with Crippen molar-refractivity contribution in [2.45, 2.75) is 0 Å². The minimum Gasteiger partial charge on any atom is -0.339 e. The van der Waals surface area contributed by atoms with E-state index in [4.69, 9.17) is 0 Å². The van der Waals surface area contributed by atoms with E-state index in [1.165, 1.54) is 0 Å².